The second-order valence-corrected chi connectivity index (χ2v) is 9.92. The fraction of sp³-hybridized carbons (Fsp3) is 0.314. The van der Waals surface area contributed by atoms with E-state index in [0.717, 1.165) is 0 Å². The van der Waals surface area contributed by atoms with Crippen LogP contribution in [0.1, 0.15) is 34.7 Å². The Balaban J connectivity index is 1.50. The number of hydrogen-bond acceptors (Lipinski definition) is 6. The van der Waals surface area contributed by atoms with E-state index in [0.29, 0.717) is 22.3 Å². The van der Waals surface area contributed by atoms with Crippen LogP contribution >= 0.6 is 0 Å². The molecular weight excluding hydrogens is 516 g/mol. The van der Waals surface area contributed by atoms with Crippen molar-refractivity contribution >= 4 is 0 Å². The van der Waals surface area contributed by atoms with E-state index < -0.39 is 56.5 Å². The summed E-state index contributed by atoms with van der Waals surface area (Å²) in [6, 6.07) is 35.8. The molecule has 0 radical (unpaired) electrons. The van der Waals surface area contributed by atoms with E-state index in [1.54, 1.807) is 84.9 Å². The third kappa shape index (κ3) is 8.33. The zero-order valence-electron chi connectivity index (χ0n) is 26.9. The summed E-state index contributed by atoms with van der Waals surface area (Å²) < 4.78 is 66.0. The van der Waals surface area contributed by atoms with Crippen molar-refractivity contribution in [1.82, 2.24) is 0 Å². The summed E-state index contributed by atoms with van der Waals surface area (Å²) in [4.78, 5) is 0. The Labute approximate surface area is 248 Å². The number of aliphatic hydroxyl groups is 1. The topological polar surface area (TPSA) is 66.4 Å². The Bertz CT molecular complexity index is 1430. The van der Waals surface area contributed by atoms with Crippen molar-refractivity contribution in [2.45, 2.75) is 63.5 Å². The SMILES string of the molecule is [2H]C(OC[C@H]1OC(C)(O)[C@@H](OC([2H])c2ccccc2)[C@@H](OC([2H])c2ccccc2)[C@@H]1OC([2H])c1ccccc1)c1ccccc1. The van der Waals surface area contributed by atoms with E-state index in [1.165, 1.54) is 6.92 Å². The monoisotopic (exact) mass is 558 g/mol. The third-order valence-corrected chi connectivity index (χ3v) is 6.66. The van der Waals surface area contributed by atoms with Gasteiger partial charge in [-0.2, -0.15) is 0 Å². The molecule has 5 rings (SSSR count). The highest BCUT2D eigenvalue weighted by Gasteiger charge is 2.54. The van der Waals surface area contributed by atoms with Gasteiger partial charge in [-0.25, -0.2) is 0 Å². The van der Waals surface area contributed by atoms with Crippen molar-refractivity contribution < 1.29 is 34.3 Å². The van der Waals surface area contributed by atoms with Crippen LogP contribution in [-0.2, 0) is 50.0 Å². The molecule has 0 bridgehead atoms. The summed E-state index contributed by atoms with van der Waals surface area (Å²) >= 11 is 0. The van der Waals surface area contributed by atoms with Crippen LogP contribution in [-0.4, -0.2) is 41.9 Å². The van der Waals surface area contributed by atoms with Gasteiger partial charge in [0, 0.05) is 0 Å². The minimum Gasteiger partial charge on any atom is -0.374 e. The second kappa shape index (κ2) is 14.5. The molecule has 0 saturated carbocycles. The molecule has 6 heteroatoms. The number of hydrogen-bond donors (Lipinski definition) is 1. The first-order valence-corrected chi connectivity index (χ1v) is 13.6. The molecule has 1 aliphatic heterocycles. The number of ether oxygens (including phenoxy) is 5. The Morgan fingerprint density at radius 3 is 1.46 bits per heavy atom. The van der Waals surface area contributed by atoms with Crippen LogP contribution in [0.25, 0.3) is 0 Å². The maximum Gasteiger partial charge on any atom is 0.192 e. The smallest absolute Gasteiger partial charge is 0.192 e. The molecule has 0 aromatic heterocycles. The summed E-state index contributed by atoms with van der Waals surface area (Å²) in [6.07, 6.45) is -4.66. The Morgan fingerprint density at radius 2 is 1.00 bits per heavy atom. The molecule has 5 unspecified atom stereocenters. The van der Waals surface area contributed by atoms with Gasteiger partial charge in [-0.05, 0) is 29.2 Å². The summed E-state index contributed by atoms with van der Waals surface area (Å²) in [5.41, 5.74) is 2.30. The lowest BCUT2D eigenvalue weighted by Crippen LogP contribution is -2.66. The van der Waals surface area contributed by atoms with Gasteiger partial charge in [-0.15, -0.1) is 0 Å². The lowest BCUT2D eigenvalue weighted by Gasteiger charge is -2.49. The van der Waals surface area contributed by atoms with Gasteiger partial charge in [0.2, 0.25) is 0 Å². The molecule has 4 aromatic carbocycles. The van der Waals surface area contributed by atoms with Crippen LogP contribution in [0.4, 0.5) is 0 Å². The molecule has 0 spiro atoms. The predicted octanol–water partition coefficient (Wildman–Crippen LogP) is 6.07. The van der Waals surface area contributed by atoms with Gasteiger partial charge in [0.25, 0.3) is 0 Å². The van der Waals surface area contributed by atoms with Gasteiger partial charge in [0.1, 0.15) is 24.4 Å². The normalized spacial score (nSPS) is 28.7. The molecule has 0 amide bonds. The van der Waals surface area contributed by atoms with E-state index in [9.17, 15) is 5.11 Å². The highest BCUT2D eigenvalue weighted by molar-refractivity contribution is 5.16. The van der Waals surface area contributed by atoms with Gasteiger partial charge < -0.3 is 28.8 Å². The van der Waals surface area contributed by atoms with Gasteiger partial charge in [0.15, 0.2) is 5.79 Å². The van der Waals surface area contributed by atoms with E-state index in [4.69, 9.17) is 29.2 Å². The number of rotatable bonds is 13. The van der Waals surface area contributed by atoms with Gasteiger partial charge in [-0.3, -0.25) is 0 Å². The van der Waals surface area contributed by atoms with Crippen molar-refractivity contribution in [2.75, 3.05) is 6.61 Å². The first-order valence-electron chi connectivity index (χ1n) is 15.9. The van der Waals surface area contributed by atoms with Crippen molar-refractivity contribution in [1.29, 1.82) is 0 Å². The number of benzene rings is 4. The van der Waals surface area contributed by atoms with Crippen LogP contribution < -0.4 is 0 Å². The van der Waals surface area contributed by atoms with Gasteiger partial charge in [0.05, 0.1) is 38.4 Å². The molecule has 1 fully saturated rings. The molecule has 0 aliphatic carbocycles. The minimum absolute atomic E-state index is 0.199. The molecule has 4 aromatic rings. The summed E-state index contributed by atoms with van der Waals surface area (Å²) in [7, 11) is 0. The lowest BCUT2D eigenvalue weighted by molar-refractivity contribution is -0.363. The maximum absolute atomic E-state index is 11.7. The molecule has 9 atom stereocenters. The molecule has 41 heavy (non-hydrogen) atoms. The molecule has 1 aliphatic rings. The van der Waals surface area contributed by atoms with Crippen molar-refractivity contribution in [3.8, 4) is 0 Å². The maximum atomic E-state index is 11.7. The van der Waals surface area contributed by atoms with Gasteiger partial charge in [-0.1, -0.05) is 121 Å². The summed E-state index contributed by atoms with van der Waals surface area (Å²) in [6.45, 7) is -3.50. The van der Waals surface area contributed by atoms with E-state index in [-0.39, 0.29) is 6.61 Å². The quantitative estimate of drug-likeness (QED) is 0.215. The lowest BCUT2D eigenvalue weighted by atomic mass is 9.92. The van der Waals surface area contributed by atoms with Crippen LogP contribution in [0.2, 0.25) is 0 Å². The fourth-order valence-corrected chi connectivity index (χ4v) is 4.61. The summed E-state index contributed by atoms with van der Waals surface area (Å²) in [5, 5.41) is 11.7. The average Bonchev–Trinajstić information content (AvgIpc) is 3.07. The molecule has 1 N–H and O–H groups in total. The Kier molecular flexibility index (Phi) is 8.58. The highest BCUT2D eigenvalue weighted by Crippen LogP contribution is 2.35. The average molecular weight is 559 g/mol. The highest BCUT2D eigenvalue weighted by atomic mass is 16.7. The zero-order valence-corrected chi connectivity index (χ0v) is 22.9. The van der Waals surface area contributed by atoms with Crippen LogP contribution in [0.15, 0.2) is 121 Å². The van der Waals surface area contributed by atoms with Crippen LogP contribution in [0.3, 0.4) is 0 Å². The van der Waals surface area contributed by atoms with Crippen LogP contribution in [0.5, 0.6) is 0 Å². The molecule has 6 nitrogen and oxygen atoms in total. The largest absolute Gasteiger partial charge is 0.374 e. The molecule has 1 heterocycles. The standard InChI is InChI=1S/C35H38O6/c1-35(36)34(40-25-30-20-12-5-13-21-30)33(39-24-29-18-10-4-11-19-29)32(38-23-28-16-8-3-9-17-28)31(41-35)26-37-22-27-14-6-2-7-15-27/h2-21,31-34,36H,22-26H2,1H3/t31-,32-,33+,34+,35?/m1/s1/i22D,23D,24D,25D/t22?,23?,24?,25?,31-,32-,33+,34+,35?. The van der Waals surface area contributed by atoms with E-state index in [1.807, 2.05) is 36.4 Å². The predicted molar refractivity (Wildman–Crippen MR) is 157 cm³/mol. The van der Waals surface area contributed by atoms with E-state index >= 15 is 0 Å². The first kappa shape index (κ1) is 24.3. The van der Waals surface area contributed by atoms with Crippen LogP contribution in [0, 0.1) is 0 Å². The van der Waals surface area contributed by atoms with Crippen molar-refractivity contribution in [3.05, 3.63) is 144 Å². The molecular formula is C35H38O6. The van der Waals surface area contributed by atoms with Crippen molar-refractivity contribution in [3.63, 3.8) is 0 Å². The molecule has 1 saturated heterocycles. The fourth-order valence-electron chi connectivity index (χ4n) is 4.61. The zero-order chi connectivity index (χ0) is 31.8. The Hall–Kier alpha value is -3.36. The van der Waals surface area contributed by atoms with Gasteiger partial charge >= 0.3 is 0 Å². The third-order valence-electron chi connectivity index (χ3n) is 6.66. The molecule has 214 valence electrons. The van der Waals surface area contributed by atoms with Crippen molar-refractivity contribution in [2.24, 2.45) is 0 Å². The second-order valence-electron chi connectivity index (χ2n) is 9.92. The Morgan fingerprint density at radius 1 is 0.610 bits per heavy atom. The minimum atomic E-state index is -2.03. The van der Waals surface area contributed by atoms with E-state index in [2.05, 4.69) is 0 Å². The summed E-state index contributed by atoms with van der Waals surface area (Å²) in [5.74, 6) is -2.03. The first-order chi connectivity index (χ1) is 21.7.